The molecular formula is C8H12N2OS. The van der Waals surface area contributed by atoms with Gasteiger partial charge in [0.15, 0.2) is 0 Å². The Kier molecular flexibility index (Phi) is 2.12. The highest BCUT2D eigenvalue weighted by molar-refractivity contribution is 7.09. The molecule has 2 N–H and O–H groups in total. The van der Waals surface area contributed by atoms with Crippen LogP contribution in [0.25, 0.3) is 0 Å². The fourth-order valence-electron chi connectivity index (χ4n) is 1.51. The molecular weight excluding hydrogens is 172 g/mol. The molecule has 0 spiro atoms. The van der Waals surface area contributed by atoms with Gasteiger partial charge in [-0.25, -0.2) is 4.98 Å². The molecule has 0 aromatic carbocycles. The number of hydrogen-bond donors (Lipinski definition) is 2. The summed E-state index contributed by atoms with van der Waals surface area (Å²) in [5, 5.41) is 16.1. The lowest BCUT2D eigenvalue weighted by Gasteiger charge is -2.30. The van der Waals surface area contributed by atoms with E-state index in [2.05, 4.69) is 10.3 Å². The summed E-state index contributed by atoms with van der Waals surface area (Å²) in [5.41, 5.74) is -0.653. The largest absolute Gasteiger partial charge is 0.383 e. The number of piperidine rings is 1. The molecule has 0 atom stereocenters. The third-order valence-corrected chi connectivity index (χ3v) is 3.23. The number of nitrogens with zero attached hydrogens (tertiary/aromatic N) is 1. The van der Waals surface area contributed by atoms with Gasteiger partial charge in [0, 0.05) is 11.6 Å². The molecule has 4 heteroatoms. The van der Waals surface area contributed by atoms with Crippen LogP contribution < -0.4 is 5.32 Å². The van der Waals surface area contributed by atoms with Gasteiger partial charge in [0.05, 0.1) is 0 Å². The van der Waals surface area contributed by atoms with Crippen LogP contribution in [-0.2, 0) is 5.60 Å². The van der Waals surface area contributed by atoms with E-state index >= 15 is 0 Å². The summed E-state index contributed by atoms with van der Waals surface area (Å²) in [5.74, 6) is 0. The van der Waals surface area contributed by atoms with Crippen molar-refractivity contribution >= 4 is 11.3 Å². The minimum Gasteiger partial charge on any atom is -0.383 e. The molecule has 0 amide bonds. The second kappa shape index (κ2) is 3.12. The molecule has 1 aromatic rings. The fraction of sp³-hybridized carbons (Fsp3) is 0.625. The molecule has 0 radical (unpaired) electrons. The highest BCUT2D eigenvalue weighted by atomic mass is 32.1. The first-order chi connectivity index (χ1) is 5.81. The molecule has 2 heterocycles. The molecule has 1 aromatic heterocycles. The lowest BCUT2D eigenvalue weighted by Crippen LogP contribution is -2.39. The molecule has 1 saturated heterocycles. The van der Waals surface area contributed by atoms with Crippen LogP contribution in [0.5, 0.6) is 0 Å². The minimum atomic E-state index is -0.653. The number of thiazole rings is 1. The van der Waals surface area contributed by atoms with Gasteiger partial charge in [-0.05, 0) is 25.9 Å². The Morgan fingerprint density at radius 1 is 1.50 bits per heavy atom. The van der Waals surface area contributed by atoms with E-state index in [1.54, 1.807) is 6.20 Å². The van der Waals surface area contributed by atoms with E-state index in [9.17, 15) is 5.11 Å². The summed E-state index contributed by atoms with van der Waals surface area (Å²) in [6, 6.07) is 0. The molecule has 0 unspecified atom stereocenters. The third kappa shape index (κ3) is 1.37. The number of rotatable bonds is 1. The van der Waals surface area contributed by atoms with Crippen LogP contribution in [0.3, 0.4) is 0 Å². The lowest BCUT2D eigenvalue weighted by molar-refractivity contribution is 0.00575. The van der Waals surface area contributed by atoms with E-state index in [1.165, 1.54) is 11.3 Å². The van der Waals surface area contributed by atoms with Gasteiger partial charge in [0.25, 0.3) is 0 Å². The Hall–Kier alpha value is -0.450. The molecule has 1 aliphatic heterocycles. The maximum atomic E-state index is 10.1. The Bertz CT molecular complexity index is 242. The van der Waals surface area contributed by atoms with Crippen LogP contribution in [0.2, 0.25) is 0 Å². The van der Waals surface area contributed by atoms with Gasteiger partial charge in [0.2, 0.25) is 0 Å². The maximum Gasteiger partial charge on any atom is 0.124 e. The van der Waals surface area contributed by atoms with Gasteiger partial charge in [0.1, 0.15) is 10.6 Å². The van der Waals surface area contributed by atoms with E-state index in [1.807, 2.05) is 5.38 Å². The highest BCUT2D eigenvalue weighted by Gasteiger charge is 2.33. The highest BCUT2D eigenvalue weighted by Crippen LogP contribution is 2.31. The summed E-state index contributed by atoms with van der Waals surface area (Å²) in [6.07, 6.45) is 3.31. The zero-order valence-electron chi connectivity index (χ0n) is 6.79. The second-order valence-electron chi connectivity index (χ2n) is 3.12. The monoisotopic (exact) mass is 184 g/mol. The number of nitrogens with one attached hydrogen (secondary N) is 1. The van der Waals surface area contributed by atoms with Crippen molar-refractivity contribution in [1.82, 2.24) is 10.3 Å². The SMILES string of the molecule is OC1(c2nccs2)CCNCC1. The summed E-state index contributed by atoms with van der Waals surface area (Å²) < 4.78 is 0. The van der Waals surface area contributed by atoms with Gasteiger partial charge in [-0.3, -0.25) is 0 Å². The Labute approximate surface area is 75.5 Å². The standard InChI is InChI=1S/C8H12N2OS/c11-8(1-3-9-4-2-8)7-10-5-6-12-7/h5-6,9,11H,1-4H2. The van der Waals surface area contributed by atoms with E-state index in [0.717, 1.165) is 30.9 Å². The van der Waals surface area contributed by atoms with Crippen molar-refractivity contribution in [3.63, 3.8) is 0 Å². The zero-order valence-corrected chi connectivity index (χ0v) is 7.60. The van der Waals surface area contributed by atoms with Crippen molar-refractivity contribution in [2.75, 3.05) is 13.1 Å². The molecule has 0 saturated carbocycles. The van der Waals surface area contributed by atoms with E-state index in [4.69, 9.17) is 0 Å². The topological polar surface area (TPSA) is 45.2 Å². The molecule has 1 fully saturated rings. The predicted molar refractivity (Wildman–Crippen MR) is 48.1 cm³/mol. The minimum absolute atomic E-state index is 0.653. The molecule has 0 bridgehead atoms. The Balaban J connectivity index is 2.19. The summed E-state index contributed by atoms with van der Waals surface area (Å²) in [4.78, 5) is 4.15. The fourth-order valence-corrected chi connectivity index (χ4v) is 2.30. The average molecular weight is 184 g/mol. The van der Waals surface area contributed by atoms with Crippen LogP contribution in [0.1, 0.15) is 17.8 Å². The summed E-state index contributed by atoms with van der Waals surface area (Å²) in [7, 11) is 0. The summed E-state index contributed by atoms with van der Waals surface area (Å²) in [6.45, 7) is 1.77. The van der Waals surface area contributed by atoms with Crippen LogP contribution in [0.15, 0.2) is 11.6 Å². The average Bonchev–Trinajstić information content (AvgIpc) is 2.58. The molecule has 66 valence electrons. The van der Waals surface area contributed by atoms with Gasteiger partial charge < -0.3 is 10.4 Å². The van der Waals surface area contributed by atoms with Crippen LogP contribution in [-0.4, -0.2) is 23.2 Å². The lowest BCUT2D eigenvalue weighted by atomic mass is 9.93. The van der Waals surface area contributed by atoms with Crippen molar-refractivity contribution in [1.29, 1.82) is 0 Å². The van der Waals surface area contributed by atoms with Crippen molar-refractivity contribution in [3.8, 4) is 0 Å². The van der Waals surface area contributed by atoms with E-state index in [0.29, 0.717) is 0 Å². The number of hydrogen-bond acceptors (Lipinski definition) is 4. The van der Waals surface area contributed by atoms with Crippen molar-refractivity contribution in [2.45, 2.75) is 18.4 Å². The van der Waals surface area contributed by atoms with Crippen molar-refractivity contribution < 1.29 is 5.11 Å². The first-order valence-electron chi connectivity index (χ1n) is 4.14. The first-order valence-corrected chi connectivity index (χ1v) is 5.02. The molecule has 0 aliphatic carbocycles. The quantitative estimate of drug-likeness (QED) is 0.676. The van der Waals surface area contributed by atoms with E-state index < -0.39 is 5.60 Å². The Morgan fingerprint density at radius 3 is 2.83 bits per heavy atom. The summed E-state index contributed by atoms with van der Waals surface area (Å²) >= 11 is 1.54. The molecule has 1 aliphatic rings. The normalized spacial score (nSPS) is 22.4. The van der Waals surface area contributed by atoms with Gasteiger partial charge in [-0.15, -0.1) is 11.3 Å². The van der Waals surface area contributed by atoms with Crippen molar-refractivity contribution in [3.05, 3.63) is 16.6 Å². The van der Waals surface area contributed by atoms with Crippen LogP contribution >= 0.6 is 11.3 Å². The van der Waals surface area contributed by atoms with Crippen molar-refractivity contribution in [2.24, 2.45) is 0 Å². The van der Waals surface area contributed by atoms with Crippen LogP contribution in [0, 0.1) is 0 Å². The number of aliphatic hydroxyl groups is 1. The molecule has 3 nitrogen and oxygen atoms in total. The van der Waals surface area contributed by atoms with Gasteiger partial charge in [-0.1, -0.05) is 0 Å². The van der Waals surface area contributed by atoms with E-state index in [-0.39, 0.29) is 0 Å². The van der Waals surface area contributed by atoms with Crippen LogP contribution in [0.4, 0.5) is 0 Å². The Morgan fingerprint density at radius 2 is 2.25 bits per heavy atom. The molecule has 2 rings (SSSR count). The maximum absolute atomic E-state index is 10.1. The predicted octanol–water partition coefficient (Wildman–Crippen LogP) is 0.714. The first kappa shape index (κ1) is 8.16. The van der Waals surface area contributed by atoms with Gasteiger partial charge >= 0.3 is 0 Å². The third-order valence-electron chi connectivity index (χ3n) is 2.26. The zero-order chi connectivity index (χ0) is 8.44. The number of aromatic nitrogens is 1. The molecule has 12 heavy (non-hydrogen) atoms. The smallest absolute Gasteiger partial charge is 0.124 e. The van der Waals surface area contributed by atoms with Gasteiger partial charge in [-0.2, -0.15) is 0 Å². The second-order valence-corrected chi connectivity index (χ2v) is 4.01.